The fourth-order valence-corrected chi connectivity index (χ4v) is 2.52. The summed E-state index contributed by atoms with van der Waals surface area (Å²) in [4.78, 5) is 36.3. The number of carbonyl (C=O) groups is 3. The van der Waals surface area contributed by atoms with Crippen LogP contribution in [0.4, 0.5) is 5.69 Å². The fourth-order valence-electron chi connectivity index (χ4n) is 2.52. The summed E-state index contributed by atoms with van der Waals surface area (Å²) in [5, 5.41) is 5.20. The number of hydrogen-bond donors (Lipinski definition) is 2. The van der Waals surface area contributed by atoms with Crippen LogP contribution in [0.2, 0.25) is 0 Å². The lowest BCUT2D eigenvalue weighted by Crippen LogP contribution is -2.34. The van der Waals surface area contributed by atoms with Crippen LogP contribution in [0.1, 0.15) is 30.5 Å². The molecule has 0 aliphatic carbocycles. The minimum Gasteiger partial charge on any atom is -0.448 e. The van der Waals surface area contributed by atoms with E-state index in [0.29, 0.717) is 5.69 Å². The van der Waals surface area contributed by atoms with Crippen LogP contribution in [0.3, 0.4) is 0 Å². The van der Waals surface area contributed by atoms with Gasteiger partial charge in [-0.15, -0.1) is 0 Å². The van der Waals surface area contributed by atoms with Crippen molar-refractivity contribution in [2.75, 3.05) is 5.32 Å². The molecule has 2 aromatic carbocycles. The molecular weight excluding hydrogens is 356 g/mol. The second-order valence-electron chi connectivity index (χ2n) is 6.51. The first kappa shape index (κ1) is 20.9. The van der Waals surface area contributed by atoms with Gasteiger partial charge >= 0.3 is 5.97 Å². The van der Waals surface area contributed by atoms with Crippen molar-refractivity contribution in [3.63, 3.8) is 0 Å². The first-order valence-electron chi connectivity index (χ1n) is 8.89. The normalized spacial score (nSPS) is 12.1. The smallest absolute Gasteiger partial charge is 0.355 e. The van der Waals surface area contributed by atoms with Crippen molar-refractivity contribution >= 4 is 29.5 Å². The molecule has 6 heteroatoms. The highest BCUT2D eigenvalue weighted by Gasteiger charge is 2.21. The number of ether oxygens (including phenoxy) is 1. The van der Waals surface area contributed by atoms with E-state index in [0.717, 1.165) is 16.7 Å². The lowest BCUT2D eigenvalue weighted by Gasteiger charge is -2.16. The molecule has 0 bridgehead atoms. The first-order valence-corrected chi connectivity index (χ1v) is 8.89. The molecule has 0 saturated heterocycles. The van der Waals surface area contributed by atoms with Crippen molar-refractivity contribution in [2.45, 2.75) is 33.8 Å². The highest BCUT2D eigenvalue weighted by atomic mass is 16.5. The van der Waals surface area contributed by atoms with Gasteiger partial charge in [-0.25, -0.2) is 4.79 Å². The quantitative estimate of drug-likeness (QED) is 0.595. The number of hydrogen-bond acceptors (Lipinski definition) is 4. The summed E-state index contributed by atoms with van der Waals surface area (Å²) in [6, 6.07) is 14.7. The van der Waals surface area contributed by atoms with Crippen molar-refractivity contribution in [1.29, 1.82) is 0 Å². The van der Waals surface area contributed by atoms with Crippen LogP contribution in [0.15, 0.2) is 54.2 Å². The number of nitrogens with one attached hydrogen (secondary N) is 2. The molecule has 0 radical (unpaired) electrons. The van der Waals surface area contributed by atoms with Gasteiger partial charge in [-0.3, -0.25) is 9.59 Å². The predicted molar refractivity (Wildman–Crippen MR) is 108 cm³/mol. The minimum absolute atomic E-state index is 0.0372. The van der Waals surface area contributed by atoms with Crippen LogP contribution in [-0.4, -0.2) is 23.9 Å². The molecule has 0 fully saturated rings. The van der Waals surface area contributed by atoms with E-state index < -0.39 is 23.9 Å². The lowest BCUT2D eigenvalue weighted by molar-refractivity contribution is -0.149. The molecule has 0 heterocycles. The summed E-state index contributed by atoms with van der Waals surface area (Å²) >= 11 is 0. The second kappa shape index (κ2) is 9.50. The monoisotopic (exact) mass is 380 g/mol. The molecular formula is C22H24N2O4. The molecule has 6 nitrogen and oxygen atoms in total. The summed E-state index contributed by atoms with van der Waals surface area (Å²) in [5.41, 5.74) is 3.33. The molecule has 0 unspecified atom stereocenters. The van der Waals surface area contributed by atoms with Crippen molar-refractivity contribution in [1.82, 2.24) is 5.32 Å². The van der Waals surface area contributed by atoms with Gasteiger partial charge in [0.25, 0.3) is 5.91 Å². The number of amides is 2. The summed E-state index contributed by atoms with van der Waals surface area (Å²) in [5.74, 6) is -1.66. The second-order valence-corrected chi connectivity index (χ2v) is 6.51. The summed E-state index contributed by atoms with van der Waals surface area (Å²) in [6.45, 7) is 6.62. The summed E-state index contributed by atoms with van der Waals surface area (Å²) in [6.07, 6.45) is 0.458. The molecule has 2 N–H and O–H groups in total. The van der Waals surface area contributed by atoms with E-state index >= 15 is 0 Å². The van der Waals surface area contributed by atoms with Crippen molar-refractivity contribution in [2.24, 2.45) is 0 Å². The Kier molecular flexibility index (Phi) is 7.09. The van der Waals surface area contributed by atoms with E-state index in [-0.39, 0.29) is 5.70 Å². The highest BCUT2D eigenvalue weighted by Crippen LogP contribution is 2.17. The number of benzene rings is 2. The summed E-state index contributed by atoms with van der Waals surface area (Å²) < 4.78 is 5.25. The standard InChI is InChI=1S/C22H24N2O4/c1-14-10-11-19(15(2)12-14)24-21(26)16(3)28-22(27)20(23-17(4)25)13-18-8-6-5-7-9-18/h5-13,16H,1-4H3,(H,23,25)(H,24,26)/b20-13-/t16-/m1/s1. The van der Waals surface area contributed by atoms with Crippen LogP contribution < -0.4 is 10.6 Å². The van der Waals surface area contributed by atoms with Gasteiger partial charge in [-0.1, -0.05) is 48.0 Å². The zero-order valence-electron chi connectivity index (χ0n) is 16.4. The third-order valence-electron chi connectivity index (χ3n) is 3.93. The van der Waals surface area contributed by atoms with Gasteiger partial charge in [0.2, 0.25) is 5.91 Å². The Balaban J connectivity index is 2.09. The average Bonchev–Trinajstić information content (AvgIpc) is 2.63. The molecule has 0 aliphatic heterocycles. The van der Waals surface area contributed by atoms with Gasteiger partial charge in [0.05, 0.1) is 0 Å². The maximum Gasteiger partial charge on any atom is 0.355 e. The highest BCUT2D eigenvalue weighted by molar-refractivity contribution is 6.00. The third kappa shape index (κ3) is 6.09. The van der Waals surface area contributed by atoms with Crippen molar-refractivity contribution in [3.05, 3.63) is 70.9 Å². The van der Waals surface area contributed by atoms with E-state index in [1.54, 1.807) is 18.2 Å². The number of anilines is 1. The molecule has 1 atom stereocenters. The molecule has 0 spiro atoms. The Morgan fingerprint density at radius 1 is 1.04 bits per heavy atom. The first-order chi connectivity index (χ1) is 13.3. The predicted octanol–water partition coefficient (Wildman–Crippen LogP) is 3.35. The Hall–Kier alpha value is -3.41. The van der Waals surface area contributed by atoms with Gasteiger partial charge in [0.15, 0.2) is 6.10 Å². The van der Waals surface area contributed by atoms with Crippen LogP contribution in [0, 0.1) is 13.8 Å². The number of esters is 1. The van der Waals surface area contributed by atoms with Crippen LogP contribution in [0.25, 0.3) is 6.08 Å². The zero-order valence-corrected chi connectivity index (χ0v) is 16.4. The maximum absolute atomic E-state index is 12.5. The van der Waals surface area contributed by atoms with Crippen LogP contribution in [-0.2, 0) is 19.1 Å². The zero-order chi connectivity index (χ0) is 20.7. The molecule has 2 rings (SSSR count). The van der Waals surface area contributed by atoms with Crippen molar-refractivity contribution < 1.29 is 19.1 Å². The topological polar surface area (TPSA) is 84.5 Å². The molecule has 0 saturated carbocycles. The van der Waals surface area contributed by atoms with E-state index in [9.17, 15) is 14.4 Å². The van der Waals surface area contributed by atoms with Crippen LogP contribution >= 0.6 is 0 Å². The van der Waals surface area contributed by atoms with Gasteiger partial charge < -0.3 is 15.4 Å². The van der Waals surface area contributed by atoms with E-state index in [1.165, 1.54) is 19.9 Å². The fraction of sp³-hybridized carbons (Fsp3) is 0.227. The third-order valence-corrected chi connectivity index (χ3v) is 3.93. The Labute approximate surface area is 164 Å². The lowest BCUT2D eigenvalue weighted by atomic mass is 10.1. The van der Waals surface area contributed by atoms with Crippen molar-refractivity contribution in [3.8, 4) is 0 Å². The van der Waals surface area contributed by atoms with Gasteiger partial charge in [0.1, 0.15) is 5.70 Å². The Morgan fingerprint density at radius 3 is 2.32 bits per heavy atom. The SMILES string of the molecule is CC(=O)N/C(=C\c1ccccc1)C(=O)O[C@H](C)C(=O)Nc1ccc(C)cc1C. The Bertz CT molecular complexity index is 904. The molecule has 2 aromatic rings. The average molecular weight is 380 g/mol. The number of aryl methyl sites for hydroxylation is 2. The number of rotatable bonds is 6. The van der Waals surface area contributed by atoms with E-state index in [2.05, 4.69) is 10.6 Å². The van der Waals surface area contributed by atoms with Crippen LogP contribution in [0.5, 0.6) is 0 Å². The Morgan fingerprint density at radius 2 is 1.71 bits per heavy atom. The largest absolute Gasteiger partial charge is 0.448 e. The summed E-state index contributed by atoms with van der Waals surface area (Å²) in [7, 11) is 0. The molecule has 0 aromatic heterocycles. The van der Waals surface area contributed by atoms with E-state index in [1.807, 2.05) is 44.2 Å². The molecule has 2 amide bonds. The van der Waals surface area contributed by atoms with Gasteiger partial charge in [-0.2, -0.15) is 0 Å². The maximum atomic E-state index is 12.5. The van der Waals surface area contributed by atoms with Gasteiger partial charge in [0, 0.05) is 12.6 Å². The van der Waals surface area contributed by atoms with E-state index in [4.69, 9.17) is 4.74 Å². The molecule has 28 heavy (non-hydrogen) atoms. The molecule has 146 valence electrons. The number of carbonyl (C=O) groups excluding carboxylic acids is 3. The minimum atomic E-state index is -1.04. The molecule has 0 aliphatic rings. The van der Waals surface area contributed by atoms with Gasteiger partial charge in [-0.05, 0) is 44.0 Å².